The van der Waals surface area contributed by atoms with Crippen LogP contribution in [0, 0.1) is 17.3 Å². The Morgan fingerprint density at radius 2 is 1.96 bits per heavy atom. The molecule has 0 unspecified atom stereocenters. The number of nitrogens with one attached hydrogen (secondary N) is 2. The Balaban J connectivity index is 1.45. The summed E-state index contributed by atoms with van der Waals surface area (Å²) >= 11 is 0. The van der Waals surface area contributed by atoms with Gasteiger partial charge in [0.15, 0.2) is 0 Å². The zero-order valence-corrected chi connectivity index (χ0v) is 16.0. The van der Waals surface area contributed by atoms with Crippen molar-refractivity contribution in [2.45, 2.75) is 71.6 Å². The SMILES string of the molecule is CC(C)[C@H](C1CC(NC(=O)OC(C)(C)C)C1)N1CC2(CCNC2)C1. The Bertz CT molecular complexity index is 452. The lowest BCUT2D eigenvalue weighted by Gasteiger charge is -2.56. The van der Waals surface area contributed by atoms with E-state index < -0.39 is 5.60 Å². The van der Waals surface area contributed by atoms with Crippen LogP contribution in [0.25, 0.3) is 0 Å². The van der Waals surface area contributed by atoms with Gasteiger partial charge in [-0.3, -0.25) is 4.90 Å². The summed E-state index contributed by atoms with van der Waals surface area (Å²) in [5.41, 5.74) is 0.139. The van der Waals surface area contributed by atoms with Gasteiger partial charge in [0.1, 0.15) is 5.60 Å². The molecule has 0 aromatic heterocycles. The lowest BCUT2D eigenvalue weighted by Crippen LogP contribution is -2.65. The summed E-state index contributed by atoms with van der Waals surface area (Å²) in [4.78, 5) is 14.6. The molecule has 0 radical (unpaired) electrons. The van der Waals surface area contributed by atoms with Gasteiger partial charge in [-0.1, -0.05) is 13.8 Å². The molecule has 3 aliphatic rings. The maximum Gasteiger partial charge on any atom is 0.407 e. The van der Waals surface area contributed by atoms with E-state index in [0.717, 1.165) is 12.8 Å². The van der Waals surface area contributed by atoms with E-state index in [2.05, 4.69) is 29.4 Å². The van der Waals surface area contributed by atoms with Gasteiger partial charge < -0.3 is 15.4 Å². The summed E-state index contributed by atoms with van der Waals surface area (Å²) in [5, 5.41) is 6.55. The van der Waals surface area contributed by atoms with Crippen molar-refractivity contribution >= 4 is 6.09 Å². The Kier molecular flexibility index (Phi) is 4.86. The van der Waals surface area contributed by atoms with Gasteiger partial charge in [-0.2, -0.15) is 0 Å². The minimum atomic E-state index is -0.422. The van der Waals surface area contributed by atoms with Crippen molar-refractivity contribution in [2.24, 2.45) is 17.3 Å². The molecule has 2 saturated heterocycles. The van der Waals surface area contributed by atoms with E-state index in [0.29, 0.717) is 23.3 Å². The molecule has 1 amide bonds. The Labute approximate surface area is 146 Å². The minimum Gasteiger partial charge on any atom is -0.444 e. The van der Waals surface area contributed by atoms with Crippen molar-refractivity contribution in [3.63, 3.8) is 0 Å². The van der Waals surface area contributed by atoms with E-state index in [9.17, 15) is 4.79 Å². The summed E-state index contributed by atoms with van der Waals surface area (Å²) in [6, 6.07) is 0.947. The van der Waals surface area contributed by atoms with Crippen molar-refractivity contribution in [1.29, 1.82) is 0 Å². The molecule has 5 heteroatoms. The number of alkyl carbamates (subject to hydrolysis) is 1. The van der Waals surface area contributed by atoms with Gasteiger partial charge >= 0.3 is 6.09 Å². The lowest BCUT2D eigenvalue weighted by atomic mass is 9.68. The van der Waals surface area contributed by atoms with Crippen molar-refractivity contribution in [3.8, 4) is 0 Å². The van der Waals surface area contributed by atoms with Gasteiger partial charge in [0.05, 0.1) is 0 Å². The third-order valence-corrected chi connectivity index (χ3v) is 5.89. The van der Waals surface area contributed by atoms with E-state index in [1.54, 1.807) is 0 Å². The van der Waals surface area contributed by atoms with Gasteiger partial charge in [0.25, 0.3) is 0 Å². The molecule has 2 aliphatic heterocycles. The van der Waals surface area contributed by atoms with Gasteiger partial charge in [0.2, 0.25) is 0 Å². The zero-order chi connectivity index (χ0) is 17.5. The number of ether oxygens (including phenoxy) is 1. The van der Waals surface area contributed by atoms with Gasteiger partial charge in [-0.05, 0) is 58.4 Å². The quantitative estimate of drug-likeness (QED) is 0.828. The molecule has 3 rings (SSSR count). The van der Waals surface area contributed by atoms with Crippen molar-refractivity contribution in [1.82, 2.24) is 15.5 Å². The maximum atomic E-state index is 11.9. The highest BCUT2D eigenvalue weighted by Crippen LogP contribution is 2.44. The lowest BCUT2D eigenvalue weighted by molar-refractivity contribution is -0.0698. The molecule has 24 heavy (non-hydrogen) atoms. The summed E-state index contributed by atoms with van der Waals surface area (Å²) < 4.78 is 5.36. The first kappa shape index (κ1) is 18.0. The van der Waals surface area contributed by atoms with Crippen LogP contribution in [0.15, 0.2) is 0 Å². The second-order valence-corrected chi connectivity index (χ2v) is 9.64. The average molecular weight is 338 g/mol. The minimum absolute atomic E-state index is 0.271. The van der Waals surface area contributed by atoms with Crippen LogP contribution in [0.4, 0.5) is 4.79 Å². The molecule has 1 aliphatic carbocycles. The van der Waals surface area contributed by atoms with Gasteiger partial charge in [-0.15, -0.1) is 0 Å². The number of likely N-dealkylation sites (tertiary alicyclic amines) is 1. The molecule has 1 atom stereocenters. The van der Waals surface area contributed by atoms with E-state index in [1.165, 1.54) is 32.6 Å². The second-order valence-electron chi connectivity index (χ2n) is 9.64. The van der Waals surface area contributed by atoms with Crippen LogP contribution >= 0.6 is 0 Å². The maximum absolute atomic E-state index is 11.9. The molecular weight excluding hydrogens is 302 g/mol. The van der Waals surface area contributed by atoms with Crippen LogP contribution in [0.1, 0.15) is 53.9 Å². The molecule has 3 fully saturated rings. The summed E-state index contributed by atoms with van der Waals surface area (Å²) in [7, 11) is 0. The number of nitrogens with zero attached hydrogens (tertiary/aromatic N) is 1. The molecule has 138 valence electrons. The van der Waals surface area contributed by atoms with E-state index in [4.69, 9.17) is 4.74 Å². The molecule has 5 nitrogen and oxygen atoms in total. The number of carbonyl (C=O) groups excluding carboxylic acids is 1. The fourth-order valence-electron chi connectivity index (χ4n) is 4.89. The highest BCUT2D eigenvalue weighted by Gasteiger charge is 2.50. The first-order chi connectivity index (χ1) is 11.2. The third-order valence-electron chi connectivity index (χ3n) is 5.89. The number of amides is 1. The number of rotatable bonds is 4. The molecular formula is C19H35N3O2. The first-order valence-corrected chi connectivity index (χ1v) is 9.62. The predicted octanol–water partition coefficient (Wildman–Crippen LogP) is 2.61. The van der Waals surface area contributed by atoms with E-state index in [-0.39, 0.29) is 12.1 Å². The standard InChI is InChI=1S/C19H35N3O2/c1-13(2)16(22-11-19(12-22)6-7-20-10-19)14-8-15(9-14)21-17(23)24-18(3,4)5/h13-16,20H,6-12H2,1-5H3,(H,21,23)/t14?,15?,16-/m1/s1. The third kappa shape index (κ3) is 3.88. The smallest absolute Gasteiger partial charge is 0.407 e. The molecule has 1 spiro atoms. The first-order valence-electron chi connectivity index (χ1n) is 9.62. The van der Waals surface area contributed by atoms with Crippen molar-refractivity contribution in [2.75, 3.05) is 26.2 Å². The number of carbonyl (C=O) groups is 1. The second kappa shape index (κ2) is 6.49. The molecule has 0 aromatic rings. The van der Waals surface area contributed by atoms with Gasteiger partial charge in [0, 0.05) is 37.1 Å². The summed E-state index contributed by atoms with van der Waals surface area (Å²) in [6.07, 6.45) is 3.24. The molecule has 0 bridgehead atoms. The number of hydrogen-bond acceptors (Lipinski definition) is 4. The predicted molar refractivity (Wildman–Crippen MR) is 96.0 cm³/mol. The van der Waals surface area contributed by atoms with Crippen molar-refractivity contribution in [3.05, 3.63) is 0 Å². The normalized spacial score (nSPS) is 30.8. The van der Waals surface area contributed by atoms with Crippen LogP contribution in [0.3, 0.4) is 0 Å². The summed E-state index contributed by atoms with van der Waals surface area (Å²) in [6.45, 7) is 15.3. The molecule has 2 heterocycles. The fraction of sp³-hybridized carbons (Fsp3) is 0.947. The Hall–Kier alpha value is -0.810. The Morgan fingerprint density at radius 3 is 2.46 bits per heavy atom. The zero-order valence-electron chi connectivity index (χ0n) is 16.0. The van der Waals surface area contributed by atoms with E-state index in [1.807, 2.05) is 20.8 Å². The molecule has 0 aromatic carbocycles. The largest absolute Gasteiger partial charge is 0.444 e. The highest BCUT2D eigenvalue weighted by molar-refractivity contribution is 5.68. The fourth-order valence-corrected chi connectivity index (χ4v) is 4.89. The average Bonchev–Trinajstić information content (AvgIpc) is 2.81. The van der Waals surface area contributed by atoms with Crippen LogP contribution in [0.5, 0.6) is 0 Å². The highest BCUT2D eigenvalue weighted by atomic mass is 16.6. The van der Waals surface area contributed by atoms with Crippen LogP contribution < -0.4 is 10.6 Å². The van der Waals surface area contributed by atoms with Gasteiger partial charge in [-0.25, -0.2) is 4.79 Å². The Morgan fingerprint density at radius 1 is 1.29 bits per heavy atom. The molecule has 1 saturated carbocycles. The number of hydrogen-bond donors (Lipinski definition) is 2. The van der Waals surface area contributed by atoms with Crippen LogP contribution in [0.2, 0.25) is 0 Å². The van der Waals surface area contributed by atoms with Crippen LogP contribution in [-0.2, 0) is 4.74 Å². The monoisotopic (exact) mass is 337 g/mol. The molecule has 2 N–H and O–H groups in total. The van der Waals surface area contributed by atoms with E-state index >= 15 is 0 Å². The topological polar surface area (TPSA) is 53.6 Å². The van der Waals surface area contributed by atoms with Crippen LogP contribution in [-0.4, -0.2) is 54.9 Å². The summed E-state index contributed by atoms with van der Waals surface area (Å²) in [5.74, 6) is 1.38. The van der Waals surface area contributed by atoms with Crippen molar-refractivity contribution < 1.29 is 9.53 Å².